The number of hydrogen-bond acceptors (Lipinski definition) is 3. The molecule has 0 saturated carbocycles. The summed E-state index contributed by atoms with van der Waals surface area (Å²) in [4.78, 5) is 14.6. The summed E-state index contributed by atoms with van der Waals surface area (Å²) in [5, 5.41) is 3.27. The summed E-state index contributed by atoms with van der Waals surface area (Å²) < 4.78 is 0. The van der Waals surface area contributed by atoms with Gasteiger partial charge in [0.15, 0.2) is 0 Å². The molecule has 19 heavy (non-hydrogen) atoms. The molecular formula is C15H22N2OS. The van der Waals surface area contributed by atoms with Crippen LogP contribution < -0.4 is 5.32 Å². The summed E-state index contributed by atoms with van der Waals surface area (Å²) in [6.45, 7) is 4.97. The third-order valence-electron chi connectivity index (χ3n) is 3.62. The Morgan fingerprint density at radius 2 is 2.21 bits per heavy atom. The number of nitrogens with one attached hydrogen (secondary N) is 1. The standard InChI is InChI=1S/C15H22N2OS/c1-3-12(2)17(9-13-7-5-4-6-8-13)15(18)14-10-19-11-16-14/h4-8,12,14,16H,3,9-11H2,1-2H3. The normalized spacial score (nSPS) is 20.2. The molecule has 2 atom stereocenters. The average molecular weight is 278 g/mol. The fourth-order valence-electron chi connectivity index (χ4n) is 2.21. The number of rotatable bonds is 5. The van der Waals surface area contributed by atoms with E-state index in [4.69, 9.17) is 0 Å². The van der Waals surface area contributed by atoms with Crippen LogP contribution in [0.1, 0.15) is 25.8 Å². The van der Waals surface area contributed by atoms with Gasteiger partial charge in [0, 0.05) is 24.2 Å². The summed E-state index contributed by atoms with van der Waals surface area (Å²) in [5.74, 6) is 2.01. The van der Waals surface area contributed by atoms with E-state index in [1.165, 1.54) is 5.56 Å². The second-order valence-corrected chi connectivity index (χ2v) is 6.01. The lowest BCUT2D eigenvalue weighted by Crippen LogP contribution is -2.48. The van der Waals surface area contributed by atoms with Crippen LogP contribution in [0.5, 0.6) is 0 Å². The number of carbonyl (C=O) groups is 1. The van der Waals surface area contributed by atoms with Gasteiger partial charge < -0.3 is 4.90 Å². The fraction of sp³-hybridized carbons (Fsp3) is 0.533. The van der Waals surface area contributed by atoms with Crippen LogP contribution in [0.25, 0.3) is 0 Å². The molecule has 4 heteroatoms. The lowest BCUT2D eigenvalue weighted by Gasteiger charge is -2.31. The summed E-state index contributed by atoms with van der Waals surface area (Å²) >= 11 is 1.79. The largest absolute Gasteiger partial charge is 0.334 e. The van der Waals surface area contributed by atoms with E-state index in [1.54, 1.807) is 11.8 Å². The van der Waals surface area contributed by atoms with E-state index in [0.717, 1.165) is 18.1 Å². The van der Waals surface area contributed by atoms with Crippen molar-refractivity contribution in [2.75, 3.05) is 11.6 Å². The van der Waals surface area contributed by atoms with Crippen molar-refractivity contribution in [1.82, 2.24) is 10.2 Å². The maximum atomic E-state index is 12.6. The van der Waals surface area contributed by atoms with E-state index in [9.17, 15) is 4.79 Å². The average Bonchev–Trinajstić information content (AvgIpc) is 2.98. The first-order chi connectivity index (χ1) is 9.22. The van der Waals surface area contributed by atoms with Gasteiger partial charge in [0.1, 0.15) is 0 Å². The maximum absolute atomic E-state index is 12.6. The van der Waals surface area contributed by atoms with Crippen LogP contribution >= 0.6 is 11.8 Å². The summed E-state index contributed by atoms with van der Waals surface area (Å²) in [5.41, 5.74) is 1.20. The molecule has 1 aliphatic rings. The molecule has 1 aromatic rings. The summed E-state index contributed by atoms with van der Waals surface area (Å²) in [6, 6.07) is 10.5. The highest BCUT2D eigenvalue weighted by molar-refractivity contribution is 7.99. The van der Waals surface area contributed by atoms with Crippen LogP contribution in [0, 0.1) is 0 Å². The molecule has 1 N–H and O–H groups in total. The van der Waals surface area contributed by atoms with Crippen molar-refractivity contribution in [1.29, 1.82) is 0 Å². The Balaban J connectivity index is 2.09. The third-order valence-corrected chi connectivity index (χ3v) is 4.56. The Morgan fingerprint density at radius 1 is 1.47 bits per heavy atom. The second-order valence-electron chi connectivity index (χ2n) is 4.98. The molecule has 2 unspecified atom stereocenters. The maximum Gasteiger partial charge on any atom is 0.241 e. The van der Waals surface area contributed by atoms with Crippen molar-refractivity contribution in [2.24, 2.45) is 0 Å². The van der Waals surface area contributed by atoms with Crippen LogP contribution in [0.3, 0.4) is 0 Å². The molecular weight excluding hydrogens is 256 g/mol. The molecule has 0 radical (unpaired) electrons. The van der Waals surface area contributed by atoms with Gasteiger partial charge in [-0.05, 0) is 18.9 Å². The van der Waals surface area contributed by atoms with Gasteiger partial charge in [0.25, 0.3) is 0 Å². The van der Waals surface area contributed by atoms with Crippen LogP contribution in [-0.4, -0.2) is 34.5 Å². The summed E-state index contributed by atoms with van der Waals surface area (Å²) in [6.07, 6.45) is 0.985. The molecule has 0 spiro atoms. The minimum absolute atomic E-state index is 0.0114. The molecule has 0 aliphatic carbocycles. The van der Waals surface area contributed by atoms with Gasteiger partial charge >= 0.3 is 0 Å². The SMILES string of the molecule is CCC(C)N(Cc1ccccc1)C(=O)C1CSCN1. The van der Waals surface area contributed by atoms with E-state index >= 15 is 0 Å². The highest BCUT2D eigenvalue weighted by atomic mass is 32.2. The first-order valence-electron chi connectivity index (χ1n) is 6.88. The Kier molecular flexibility index (Phi) is 5.28. The number of thioether (sulfide) groups is 1. The lowest BCUT2D eigenvalue weighted by atomic mass is 10.1. The topological polar surface area (TPSA) is 32.3 Å². The first-order valence-corrected chi connectivity index (χ1v) is 8.03. The molecule has 0 bridgehead atoms. The molecule has 2 rings (SSSR count). The lowest BCUT2D eigenvalue weighted by molar-refractivity contribution is -0.135. The highest BCUT2D eigenvalue weighted by Crippen LogP contribution is 2.17. The molecule has 1 amide bonds. The van der Waals surface area contributed by atoms with E-state index in [2.05, 4.69) is 31.3 Å². The Hall–Kier alpha value is -1.00. The van der Waals surface area contributed by atoms with Crippen molar-refractivity contribution in [2.45, 2.75) is 38.9 Å². The van der Waals surface area contributed by atoms with Crippen LogP contribution in [0.2, 0.25) is 0 Å². The monoisotopic (exact) mass is 278 g/mol. The van der Waals surface area contributed by atoms with Crippen molar-refractivity contribution in [3.8, 4) is 0 Å². The molecule has 1 aliphatic heterocycles. The smallest absolute Gasteiger partial charge is 0.241 e. The van der Waals surface area contributed by atoms with Crippen molar-refractivity contribution in [3.63, 3.8) is 0 Å². The minimum Gasteiger partial charge on any atom is -0.334 e. The van der Waals surface area contributed by atoms with Crippen molar-refractivity contribution < 1.29 is 4.79 Å². The van der Waals surface area contributed by atoms with Crippen LogP contribution in [0.15, 0.2) is 30.3 Å². The zero-order valence-corrected chi connectivity index (χ0v) is 12.5. The predicted molar refractivity (Wildman–Crippen MR) is 81.0 cm³/mol. The second kappa shape index (κ2) is 6.96. The van der Waals surface area contributed by atoms with Crippen LogP contribution in [-0.2, 0) is 11.3 Å². The first kappa shape index (κ1) is 14.4. The zero-order chi connectivity index (χ0) is 13.7. The fourth-order valence-corrected chi connectivity index (χ4v) is 3.14. The third kappa shape index (κ3) is 3.74. The molecule has 1 saturated heterocycles. The molecule has 3 nitrogen and oxygen atoms in total. The highest BCUT2D eigenvalue weighted by Gasteiger charge is 2.29. The number of nitrogens with zero attached hydrogens (tertiary/aromatic N) is 1. The number of amides is 1. The number of hydrogen-bond donors (Lipinski definition) is 1. The van der Waals surface area contributed by atoms with Gasteiger partial charge in [-0.25, -0.2) is 0 Å². The quantitative estimate of drug-likeness (QED) is 0.898. The minimum atomic E-state index is -0.0114. The molecule has 104 valence electrons. The Labute approximate surface area is 119 Å². The Bertz CT molecular complexity index is 404. The van der Waals surface area contributed by atoms with Gasteiger partial charge in [0.05, 0.1) is 6.04 Å². The van der Waals surface area contributed by atoms with Gasteiger partial charge in [0.2, 0.25) is 5.91 Å². The van der Waals surface area contributed by atoms with Crippen molar-refractivity contribution >= 4 is 17.7 Å². The van der Waals surface area contributed by atoms with E-state index in [1.807, 2.05) is 23.1 Å². The van der Waals surface area contributed by atoms with Gasteiger partial charge in [-0.3, -0.25) is 10.1 Å². The van der Waals surface area contributed by atoms with E-state index in [-0.39, 0.29) is 18.0 Å². The molecule has 1 fully saturated rings. The zero-order valence-electron chi connectivity index (χ0n) is 11.6. The molecule has 0 aromatic heterocycles. The van der Waals surface area contributed by atoms with E-state index in [0.29, 0.717) is 6.54 Å². The van der Waals surface area contributed by atoms with Gasteiger partial charge in [-0.2, -0.15) is 0 Å². The van der Waals surface area contributed by atoms with E-state index < -0.39 is 0 Å². The predicted octanol–water partition coefficient (Wildman–Crippen LogP) is 2.48. The van der Waals surface area contributed by atoms with Crippen LogP contribution in [0.4, 0.5) is 0 Å². The molecule has 1 aromatic carbocycles. The molecule has 1 heterocycles. The Morgan fingerprint density at radius 3 is 2.79 bits per heavy atom. The number of carbonyl (C=O) groups excluding carboxylic acids is 1. The number of benzene rings is 1. The van der Waals surface area contributed by atoms with Gasteiger partial charge in [-0.1, -0.05) is 37.3 Å². The van der Waals surface area contributed by atoms with Gasteiger partial charge in [-0.15, -0.1) is 11.8 Å². The summed E-state index contributed by atoms with van der Waals surface area (Å²) in [7, 11) is 0. The van der Waals surface area contributed by atoms with Crippen molar-refractivity contribution in [3.05, 3.63) is 35.9 Å².